The molecule has 0 aliphatic carbocycles. The maximum Gasteiger partial charge on any atom is 0.123 e. The topological polar surface area (TPSA) is 63.8 Å². The van der Waals surface area contributed by atoms with E-state index < -0.39 is 6.10 Å². The van der Waals surface area contributed by atoms with Crippen LogP contribution in [0.15, 0.2) is 43.1 Å². The Balaban J connectivity index is 2.03. The highest BCUT2D eigenvalue weighted by Crippen LogP contribution is 2.22. The number of nitrogens with zero attached hydrogens (tertiary/aromatic N) is 4. The zero-order valence-electron chi connectivity index (χ0n) is 9.85. The average molecular weight is 240 g/mol. The van der Waals surface area contributed by atoms with Crippen molar-refractivity contribution in [2.24, 2.45) is 7.05 Å². The van der Waals surface area contributed by atoms with Crippen molar-refractivity contribution in [1.82, 2.24) is 19.5 Å². The number of fused-ring (bicyclic) bond motifs is 1. The number of aromatic nitrogens is 4. The first-order valence-corrected chi connectivity index (χ1v) is 5.60. The van der Waals surface area contributed by atoms with E-state index in [-0.39, 0.29) is 0 Å². The van der Waals surface area contributed by atoms with Crippen LogP contribution in [0, 0.1) is 0 Å². The van der Waals surface area contributed by atoms with E-state index in [0.29, 0.717) is 5.69 Å². The van der Waals surface area contributed by atoms with Gasteiger partial charge in [-0.1, -0.05) is 6.07 Å². The molecule has 2 heterocycles. The fourth-order valence-corrected chi connectivity index (χ4v) is 1.90. The number of aryl methyl sites for hydroxylation is 1. The van der Waals surface area contributed by atoms with Crippen LogP contribution in [0.1, 0.15) is 17.4 Å². The fourth-order valence-electron chi connectivity index (χ4n) is 1.90. The van der Waals surface area contributed by atoms with E-state index >= 15 is 0 Å². The second-order valence-corrected chi connectivity index (χ2v) is 4.17. The van der Waals surface area contributed by atoms with Gasteiger partial charge in [-0.15, -0.1) is 0 Å². The summed E-state index contributed by atoms with van der Waals surface area (Å²) in [4.78, 5) is 12.6. The molecule has 0 aliphatic heterocycles. The molecule has 0 amide bonds. The van der Waals surface area contributed by atoms with E-state index in [2.05, 4.69) is 15.0 Å². The lowest BCUT2D eigenvalue weighted by molar-refractivity contribution is 0.216. The molecule has 1 atom stereocenters. The summed E-state index contributed by atoms with van der Waals surface area (Å²) in [5.74, 6) is 0. The van der Waals surface area contributed by atoms with Crippen LogP contribution in [0.25, 0.3) is 11.0 Å². The van der Waals surface area contributed by atoms with Crippen LogP contribution in [-0.2, 0) is 7.05 Å². The maximum atomic E-state index is 10.2. The van der Waals surface area contributed by atoms with Gasteiger partial charge >= 0.3 is 0 Å². The molecule has 0 saturated heterocycles. The molecule has 0 spiro atoms. The standard InChI is InChI=1S/C13H12N4O/c1-17-7-12(16-8-17)13(18)9-2-3-10-11(6-9)15-5-4-14-10/h2-8,13,18H,1H3. The largest absolute Gasteiger partial charge is 0.382 e. The third-order valence-corrected chi connectivity index (χ3v) is 2.81. The quantitative estimate of drug-likeness (QED) is 0.736. The highest BCUT2D eigenvalue weighted by atomic mass is 16.3. The zero-order chi connectivity index (χ0) is 12.5. The van der Waals surface area contributed by atoms with Crippen molar-refractivity contribution in [2.75, 3.05) is 0 Å². The van der Waals surface area contributed by atoms with Gasteiger partial charge in [0.15, 0.2) is 0 Å². The van der Waals surface area contributed by atoms with Gasteiger partial charge in [0.2, 0.25) is 0 Å². The number of aliphatic hydroxyl groups excluding tert-OH is 1. The lowest BCUT2D eigenvalue weighted by atomic mass is 10.1. The van der Waals surface area contributed by atoms with Crippen LogP contribution in [0.2, 0.25) is 0 Å². The zero-order valence-corrected chi connectivity index (χ0v) is 9.85. The molecule has 0 bridgehead atoms. The Morgan fingerprint density at radius 1 is 1.11 bits per heavy atom. The number of benzene rings is 1. The van der Waals surface area contributed by atoms with E-state index in [4.69, 9.17) is 0 Å². The third-order valence-electron chi connectivity index (χ3n) is 2.81. The Kier molecular flexibility index (Phi) is 2.53. The molecule has 2 aromatic heterocycles. The molecule has 1 N–H and O–H groups in total. The number of rotatable bonds is 2. The highest BCUT2D eigenvalue weighted by molar-refractivity contribution is 5.74. The Morgan fingerprint density at radius 3 is 2.61 bits per heavy atom. The summed E-state index contributed by atoms with van der Waals surface area (Å²) in [5, 5.41) is 10.2. The fraction of sp³-hybridized carbons (Fsp3) is 0.154. The first kappa shape index (κ1) is 10.9. The van der Waals surface area contributed by atoms with Crippen molar-refractivity contribution in [1.29, 1.82) is 0 Å². The van der Waals surface area contributed by atoms with Crippen molar-refractivity contribution in [3.05, 3.63) is 54.4 Å². The van der Waals surface area contributed by atoms with Gasteiger partial charge in [-0.2, -0.15) is 0 Å². The summed E-state index contributed by atoms with van der Waals surface area (Å²) in [5.41, 5.74) is 2.97. The summed E-state index contributed by atoms with van der Waals surface area (Å²) in [6.07, 6.45) is 6.01. The van der Waals surface area contributed by atoms with Crippen LogP contribution in [0.4, 0.5) is 0 Å². The number of aliphatic hydroxyl groups is 1. The number of imidazole rings is 1. The second-order valence-electron chi connectivity index (χ2n) is 4.17. The highest BCUT2D eigenvalue weighted by Gasteiger charge is 2.13. The Labute approximate surface area is 104 Å². The third kappa shape index (κ3) is 1.84. The van der Waals surface area contributed by atoms with Crippen LogP contribution in [0.5, 0.6) is 0 Å². The summed E-state index contributed by atoms with van der Waals surface area (Å²) < 4.78 is 1.80. The minimum atomic E-state index is -0.738. The second kappa shape index (κ2) is 4.19. The molecule has 1 aromatic carbocycles. The van der Waals surface area contributed by atoms with Gasteiger partial charge in [0.25, 0.3) is 0 Å². The van der Waals surface area contributed by atoms with Gasteiger partial charge in [0, 0.05) is 25.6 Å². The Morgan fingerprint density at radius 2 is 1.89 bits per heavy atom. The van der Waals surface area contributed by atoms with Crippen LogP contribution in [0.3, 0.4) is 0 Å². The van der Waals surface area contributed by atoms with Crippen molar-refractivity contribution in [3.63, 3.8) is 0 Å². The SMILES string of the molecule is Cn1cnc(C(O)c2ccc3nccnc3c2)c1. The molecule has 0 radical (unpaired) electrons. The van der Waals surface area contributed by atoms with Crippen molar-refractivity contribution >= 4 is 11.0 Å². The van der Waals surface area contributed by atoms with Crippen LogP contribution >= 0.6 is 0 Å². The molecule has 0 fully saturated rings. The maximum absolute atomic E-state index is 10.2. The average Bonchev–Trinajstić information content (AvgIpc) is 2.84. The Hall–Kier alpha value is -2.27. The van der Waals surface area contributed by atoms with E-state index in [1.807, 2.05) is 25.2 Å². The van der Waals surface area contributed by atoms with Gasteiger partial charge in [-0.3, -0.25) is 9.97 Å². The molecular formula is C13H12N4O. The number of hydrogen-bond acceptors (Lipinski definition) is 4. The molecule has 5 nitrogen and oxygen atoms in total. The van der Waals surface area contributed by atoms with E-state index in [1.54, 1.807) is 29.5 Å². The minimum Gasteiger partial charge on any atom is -0.382 e. The molecule has 90 valence electrons. The summed E-state index contributed by atoms with van der Waals surface area (Å²) in [7, 11) is 1.87. The molecule has 18 heavy (non-hydrogen) atoms. The van der Waals surface area contributed by atoms with E-state index in [1.165, 1.54) is 0 Å². The van der Waals surface area contributed by atoms with E-state index in [9.17, 15) is 5.11 Å². The molecule has 3 rings (SSSR count). The lowest BCUT2D eigenvalue weighted by Crippen LogP contribution is -2.00. The van der Waals surface area contributed by atoms with Gasteiger partial charge in [-0.05, 0) is 17.7 Å². The van der Waals surface area contributed by atoms with Crippen LogP contribution in [-0.4, -0.2) is 24.6 Å². The summed E-state index contributed by atoms with van der Waals surface area (Å²) in [6.45, 7) is 0. The minimum absolute atomic E-state index is 0.626. The normalized spacial score (nSPS) is 12.8. The summed E-state index contributed by atoms with van der Waals surface area (Å²) in [6, 6.07) is 5.53. The molecule has 5 heteroatoms. The number of hydrogen-bond donors (Lipinski definition) is 1. The van der Waals surface area contributed by atoms with E-state index in [0.717, 1.165) is 16.6 Å². The Bertz CT molecular complexity index is 692. The van der Waals surface area contributed by atoms with Crippen molar-refractivity contribution < 1.29 is 5.11 Å². The van der Waals surface area contributed by atoms with Crippen molar-refractivity contribution in [2.45, 2.75) is 6.10 Å². The van der Waals surface area contributed by atoms with Gasteiger partial charge in [-0.25, -0.2) is 4.98 Å². The van der Waals surface area contributed by atoms with Gasteiger partial charge < -0.3 is 9.67 Å². The lowest BCUT2D eigenvalue weighted by Gasteiger charge is -2.08. The molecule has 3 aromatic rings. The van der Waals surface area contributed by atoms with Gasteiger partial charge in [0.1, 0.15) is 6.10 Å². The first-order chi connectivity index (χ1) is 8.74. The first-order valence-electron chi connectivity index (χ1n) is 5.60. The monoisotopic (exact) mass is 240 g/mol. The molecule has 0 saturated carbocycles. The smallest absolute Gasteiger partial charge is 0.123 e. The van der Waals surface area contributed by atoms with Crippen molar-refractivity contribution in [3.8, 4) is 0 Å². The predicted molar refractivity (Wildman–Crippen MR) is 66.8 cm³/mol. The predicted octanol–water partition coefficient (Wildman–Crippen LogP) is 1.44. The summed E-state index contributed by atoms with van der Waals surface area (Å²) >= 11 is 0. The molecule has 0 aliphatic rings. The molecule has 1 unspecified atom stereocenters. The van der Waals surface area contributed by atoms with Gasteiger partial charge in [0.05, 0.1) is 23.1 Å². The van der Waals surface area contributed by atoms with Crippen LogP contribution < -0.4 is 0 Å². The molecular weight excluding hydrogens is 228 g/mol.